The van der Waals surface area contributed by atoms with Gasteiger partial charge in [0.2, 0.25) is 5.78 Å². The van der Waals surface area contributed by atoms with E-state index in [2.05, 4.69) is 0 Å². The fourth-order valence-corrected chi connectivity index (χ4v) is 1.09. The van der Waals surface area contributed by atoms with Crippen LogP contribution >= 0.6 is 0 Å². The van der Waals surface area contributed by atoms with E-state index in [-0.39, 0.29) is 0 Å². The molecule has 0 saturated heterocycles. The molecule has 0 fully saturated rings. The maximum atomic E-state index is 12.7. The molecule has 94 valence electrons. The van der Waals surface area contributed by atoms with Crippen molar-refractivity contribution in [1.82, 2.24) is 0 Å². The number of benzene rings is 1. The van der Waals surface area contributed by atoms with Crippen LogP contribution in [0.2, 0.25) is 0 Å². The highest BCUT2D eigenvalue weighted by Crippen LogP contribution is 2.30. The third-order valence-electron chi connectivity index (χ3n) is 2.01. The molecule has 0 radical (unpaired) electrons. The van der Waals surface area contributed by atoms with Crippen molar-refractivity contribution in [1.29, 1.82) is 0 Å². The van der Waals surface area contributed by atoms with Gasteiger partial charge >= 0.3 is 12.1 Å². The number of halogens is 5. The summed E-state index contributed by atoms with van der Waals surface area (Å²) in [5.74, 6) is -5.70. The van der Waals surface area contributed by atoms with Crippen LogP contribution in [-0.2, 0) is 6.18 Å². The first-order valence-electron chi connectivity index (χ1n) is 4.39. The van der Waals surface area contributed by atoms with Gasteiger partial charge in [0.15, 0.2) is 0 Å². The van der Waals surface area contributed by atoms with Gasteiger partial charge in [0.05, 0.1) is 5.56 Å². The summed E-state index contributed by atoms with van der Waals surface area (Å²) in [6.07, 6.45) is -4.60. The van der Waals surface area contributed by atoms with Gasteiger partial charge in [0.1, 0.15) is 6.61 Å². The molecular weight excluding hydrogens is 247 g/mol. The van der Waals surface area contributed by atoms with Crippen molar-refractivity contribution in [2.75, 3.05) is 6.61 Å². The first-order chi connectivity index (χ1) is 7.68. The number of aliphatic hydroxyl groups is 1. The zero-order valence-corrected chi connectivity index (χ0v) is 8.26. The van der Waals surface area contributed by atoms with E-state index in [9.17, 15) is 26.7 Å². The minimum atomic E-state index is -4.60. The van der Waals surface area contributed by atoms with Crippen molar-refractivity contribution in [3.63, 3.8) is 0 Å². The van der Waals surface area contributed by atoms with Crippen LogP contribution in [0.5, 0.6) is 0 Å². The van der Waals surface area contributed by atoms with Gasteiger partial charge in [-0.1, -0.05) is 12.1 Å². The van der Waals surface area contributed by atoms with E-state index in [0.717, 1.165) is 0 Å². The summed E-state index contributed by atoms with van der Waals surface area (Å²) in [7, 11) is 0. The summed E-state index contributed by atoms with van der Waals surface area (Å²) in [6.45, 7) is -1.69. The monoisotopic (exact) mass is 254 g/mol. The first kappa shape index (κ1) is 13.6. The third-order valence-corrected chi connectivity index (χ3v) is 2.01. The van der Waals surface area contributed by atoms with Crippen LogP contribution in [0.4, 0.5) is 22.0 Å². The molecule has 1 rings (SSSR count). The van der Waals surface area contributed by atoms with E-state index < -0.39 is 35.6 Å². The van der Waals surface area contributed by atoms with Gasteiger partial charge in [0, 0.05) is 5.56 Å². The molecule has 17 heavy (non-hydrogen) atoms. The molecule has 7 heteroatoms. The normalized spacial score (nSPS) is 12.6. The second kappa shape index (κ2) is 4.40. The fraction of sp³-hybridized carbons (Fsp3) is 0.300. The van der Waals surface area contributed by atoms with Gasteiger partial charge in [-0.2, -0.15) is 22.0 Å². The lowest BCUT2D eigenvalue weighted by Crippen LogP contribution is -2.32. The fourth-order valence-electron chi connectivity index (χ4n) is 1.09. The largest absolute Gasteiger partial charge is 0.416 e. The van der Waals surface area contributed by atoms with E-state index >= 15 is 0 Å². The number of carbonyl (C=O) groups excluding carboxylic acids is 1. The van der Waals surface area contributed by atoms with Crippen molar-refractivity contribution >= 4 is 5.78 Å². The van der Waals surface area contributed by atoms with Crippen LogP contribution in [0, 0.1) is 0 Å². The van der Waals surface area contributed by atoms with E-state index in [1.165, 1.54) is 0 Å². The van der Waals surface area contributed by atoms with Crippen molar-refractivity contribution < 1.29 is 31.9 Å². The minimum Gasteiger partial charge on any atom is -0.390 e. The molecule has 1 aromatic carbocycles. The lowest BCUT2D eigenvalue weighted by Gasteiger charge is -2.12. The molecule has 0 spiro atoms. The molecule has 0 amide bonds. The number of Topliss-reactive ketones (excluding diaryl/α,β-unsaturated/α-hetero) is 1. The number of hydrogen-bond acceptors (Lipinski definition) is 2. The molecule has 0 unspecified atom stereocenters. The molecule has 1 aromatic rings. The van der Waals surface area contributed by atoms with Gasteiger partial charge in [-0.3, -0.25) is 4.79 Å². The Morgan fingerprint density at radius 3 is 1.88 bits per heavy atom. The van der Waals surface area contributed by atoms with Gasteiger partial charge in [-0.15, -0.1) is 0 Å². The molecule has 0 aliphatic heterocycles. The Bertz CT molecular complexity index is 408. The molecule has 2 nitrogen and oxygen atoms in total. The highest BCUT2D eigenvalue weighted by atomic mass is 19.4. The standard InChI is InChI=1S/C10H7F5O2/c11-9(12,5-16)8(17)6-1-3-7(4-2-6)10(13,14)15/h1-4,16H,5H2. The SMILES string of the molecule is O=C(c1ccc(C(F)(F)F)cc1)C(F)(F)CO. The van der Waals surface area contributed by atoms with Crippen LogP contribution < -0.4 is 0 Å². The lowest BCUT2D eigenvalue weighted by atomic mass is 10.0. The Balaban J connectivity index is 3.00. The molecule has 0 heterocycles. The summed E-state index contributed by atoms with van der Waals surface area (Å²) in [5.41, 5.74) is -1.63. The van der Waals surface area contributed by atoms with Crippen LogP contribution in [0.25, 0.3) is 0 Å². The number of aliphatic hydroxyl groups excluding tert-OH is 1. The molecular formula is C10H7F5O2. The Kier molecular flexibility index (Phi) is 3.51. The first-order valence-corrected chi connectivity index (χ1v) is 4.39. The second-order valence-electron chi connectivity index (χ2n) is 3.27. The smallest absolute Gasteiger partial charge is 0.390 e. The number of carbonyl (C=O) groups is 1. The Hall–Kier alpha value is -1.50. The maximum Gasteiger partial charge on any atom is 0.416 e. The molecule has 0 atom stereocenters. The maximum absolute atomic E-state index is 12.7. The van der Waals surface area contributed by atoms with Crippen molar-refractivity contribution in [2.45, 2.75) is 12.1 Å². The highest BCUT2D eigenvalue weighted by Gasteiger charge is 2.39. The zero-order valence-electron chi connectivity index (χ0n) is 8.26. The second-order valence-corrected chi connectivity index (χ2v) is 3.27. The quantitative estimate of drug-likeness (QED) is 0.664. The minimum absolute atomic E-state index is 0.528. The Morgan fingerprint density at radius 2 is 1.53 bits per heavy atom. The average Bonchev–Trinajstić information content (AvgIpc) is 2.27. The van der Waals surface area contributed by atoms with Crippen LogP contribution in [0.15, 0.2) is 24.3 Å². The van der Waals surface area contributed by atoms with Gasteiger partial charge < -0.3 is 5.11 Å². The zero-order chi connectivity index (χ0) is 13.3. The summed E-state index contributed by atoms with van der Waals surface area (Å²) in [5, 5.41) is 8.26. The summed E-state index contributed by atoms with van der Waals surface area (Å²) >= 11 is 0. The number of hydrogen-bond donors (Lipinski definition) is 1. The van der Waals surface area contributed by atoms with Gasteiger partial charge in [-0.05, 0) is 12.1 Å². The molecule has 0 aliphatic carbocycles. The summed E-state index contributed by atoms with van der Waals surface area (Å²) in [4.78, 5) is 11.1. The van der Waals surface area contributed by atoms with Crippen molar-refractivity contribution in [3.8, 4) is 0 Å². The van der Waals surface area contributed by atoms with E-state index in [4.69, 9.17) is 5.11 Å². The van der Waals surface area contributed by atoms with Gasteiger partial charge in [-0.25, -0.2) is 0 Å². The molecule has 0 saturated carbocycles. The number of ketones is 1. The Labute approximate surface area is 92.7 Å². The Morgan fingerprint density at radius 1 is 1.06 bits per heavy atom. The van der Waals surface area contributed by atoms with Crippen LogP contribution in [0.3, 0.4) is 0 Å². The van der Waals surface area contributed by atoms with E-state index in [1.807, 2.05) is 0 Å². The predicted molar refractivity (Wildman–Crippen MR) is 47.8 cm³/mol. The van der Waals surface area contributed by atoms with Crippen LogP contribution in [-0.4, -0.2) is 23.4 Å². The van der Waals surface area contributed by atoms with Crippen molar-refractivity contribution in [3.05, 3.63) is 35.4 Å². The average molecular weight is 254 g/mol. The number of rotatable bonds is 3. The van der Waals surface area contributed by atoms with Gasteiger partial charge in [0.25, 0.3) is 0 Å². The molecule has 0 aromatic heterocycles. The summed E-state index contributed by atoms with van der Waals surface area (Å²) < 4.78 is 61.9. The molecule has 0 aliphatic rings. The van der Waals surface area contributed by atoms with Crippen molar-refractivity contribution in [2.24, 2.45) is 0 Å². The molecule has 0 bridgehead atoms. The van der Waals surface area contributed by atoms with Crippen LogP contribution in [0.1, 0.15) is 15.9 Å². The topological polar surface area (TPSA) is 37.3 Å². The highest BCUT2D eigenvalue weighted by molar-refractivity contribution is 6.01. The summed E-state index contributed by atoms with van der Waals surface area (Å²) in [6, 6.07) is 2.35. The third kappa shape index (κ3) is 3.00. The van der Waals surface area contributed by atoms with E-state index in [0.29, 0.717) is 24.3 Å². The molecule has 1 N–H and O–H groups in total. The number of alkyl halides is 5. The van der Waals surface area contributed by atoms with E-state index in [1.54, 1.807) is 0 Å². The predicted octanol–water partition coefficient (Wildman–Crippen LogP) is 2.52. The lowest BCUT2D eigenvalue weighted by molar-refractivity contribution is -0.137.